The van der Waals surface area contributed by atoms with Crippen LogP contribution in [0.3, 0.4) is 0 Å². The molecule has 2 N–H and O–H groups in total. The first-order valence-corrected chi connectivity index (χ1v) is 8.42. The lowest BCUT2D eigenvalue weighted by Gasteiger charge is -2.41. The predicted octanol–water partition coefficient (Wildman–Crippen LogP) is 3.32. The molecule has 3 rings (SSSR count). The number of carbonyl (C=O) groups is 1. The van der Waals surface area contributed by atoms with Crippen molar-refractivity contribution in [1.29, 1.82) is 0 Å². The van der Waals surface area contributed by atoms with Gasteiger partial charge in [-0.1, -0.05) is 60.7 Å². The number of benzene rings is 2. The highest BCUT2D eigenvalue weighted by Crippen LogP contribution is 2.36. The number of rotatable bonds is 5. The monoisotopic (exact) mass is 324 g/mol. The van der Waals surface area contributed by atoms with E-state index in [1.54, 1.807) is 0 Å². The van der Waals surface area contributed by atoms with Gasteiger partial charge in [-0.3, -0.25) is 4.90 Å². The van der Waals surface area contributed by atoms with Gasteiger partial charge in [-0.2, -0.15) is 0 Å². The van der Waals surface area contributed by atoms with Gasteiger partial charge in [-0.25, -0.2) is 4.79 Å². The number of nitrogens with zero attached hydrogens (tertiary/aromatic N) is 1. The molecule has 1 saturated heterocycles. The number of carbonyl (C=O) groups excluding carboxylic acids is 1. The molecule has 2 aromatic rings. The van der Waals surface area contributed by atoms with Crippen molar-refractivity contribution in [3.63, 3.8) is 0 Å². The average Bonchev–Trinajstić information content (AvgIpc) is 2.63. The summed E-state index contributed by atoms with van der Waals surface area (Å²) in [7, 11) is 0. The number of amides is 1. The van der Waals surface area contributed by atoms with E-state index in [0.717, 1.165) is 32.5 Å². The molecule has 0 unspecified atom stereocenters. The summed E-state index contributed by atoms with van der Waals surface area (Å²) in [5.74, 6) is 0. The molecule has 0 aliphatic carbocycles. The second kappa shape index (κ2) is 7.49. The largest absolute Gasteiger partial charge is 0.449 e. The maximum atomic E-state index is 11.1. The molecule has 1 fully saturated rings. The van der Waals surface area contributed by atoms with Crippen molar-refractivity contribution in [2.24, 2.45) is 5.73 Å². The van der Waals surface area contributed by atoms with E-state index in [4.69, 9.17) is 10.5 Å². The first-order chi connectivity index (χ1) is 11.7. The summed E-state index contributed by atoms with van der Waals surface area (Å²) >= 11 is 0. The smallest absolute Gasteiger partial charge is 0.404 e. The summed E-state index contributed by atoms with van der Waals surface area (Å²) in [4.78, 5) is 13.6. The second-order valence-electron chi connectivity index (χ2n) is 6.52. The number of nitrogens with two attached hydrogens (primary N) is 1. The predicted molar refractivity (Wildman–Crippen MR) is 94.6 cm³/mol. The maximum absolute atomic E-state index is 11.1. The van der Waals surface area contributed by atoms with Crippen molar-refractivity contribution < 1.29 is 9.53 Å². The number of hydrogen-bond acceptors (Lipinski definition) is 3. The normalized spacial score (nSPS) is 17.3. The standard InChI is InChI=1S/C20H24N2O2/c21-19(23)24-16-20(18-9-5-2-6-10-18)11-13-22(14-12-20)15-17-7-3-1-4-8-17/h1-10H,11-16H2,(H2,21,23). The molecule has 0 saturated carbocycles. The third-order valence-electron chi connectivity index (χ3n) is 4.94. The van der Waals surface area contributed by atoms with Crippen molar-refractivity contribution >= 4 is 6.09 Å². The number of piperidine rings is 1. The minimum absolute atomic E-state index is 0.135. The zero-order valence-electron chi connectivity index (χ0n) is 13.9. The van der Waals surface area contributed by atoms with Crippen LogP contribution in [0.2, 0.25) is 0 Å². The van der Waals surface area contributed by atoms with Crippen LogP contribution in [0.15, 0.2) is 60.7 Å². The third-order valence-corrected chi connectivity index (χ3v) is 4.94. The van der Waals surface area contributed by atoms with Crippen LogP contribution in [0.5, 0.6) is 0 Å². The Labute approximate surface area is 143 Å². The van der Waals surface area contributed by atoms with Gasteiger partial charge in [-0.15, -0.1) is 0 Å². The molecule has 4 nitrogen and oxygen atoms in total. The Morgan fingerprint density at radius 1 is 1.00 bits per heavy atom. The van der Waals surface area contributed by atoms with E-state index in [2.05, 4.69) is 41.3 Å². The van der Waals surface area contributed by atoms with E-state index in [-0.39, 0.29) is 5.41 Å². The fraction of sp³-hybridized carbons (Fsp3) is 0.350. The van der Waals surface area contributed by atoms with Gasteiger partial charge in [0.2, 0.25) is 0 Å². The minimum atomic E-state index is -0.697. The fourth-order valence-electron chi connectivity index (χ4n) is 3.50. The summed E-state index contributed by atoms with van der Waals surface area (Å²) in [5.41, 5.74) is 7.63. The first-order valence-electron chi connectivity index (χ1n) is 8.42. The molecule has 1 amide bonds. The molecular formula is C20H24N2O2. The van der Waals surface area contributed by atoms with Crippen molar-refractivity contribution in [2.75, 3.05) is 19.7 Å². The molecule has 4 heteroatoms. The molecule has 0 radical (unpaired) electrons. The van der Waals surface area contributed by atoms with Crippen LogP contribution in [-0.4, -0.2) is 30.7 Å². The molecule has 1 aliphatic heterocycles. The number of likely N-dealkylation sites (tertiary alicyclic amines) is 1. The lowest BCUT2D eigenvalue weighted by molar-refractivity contribution is 0.0774. The molecule has 2 aromatic carbocycles. The van der Waals surface area contributed by atoms with Gasteiger partial charge >= 0.3 is 6.09 Å². The van der Waals surface area contributed by atoms with Gasteiger partial charge < -0.3 is 10.5 Å². The maximum Gasteiger partial charge on any atom is 0.404 e. The van der Waals surface area contributed by atoms with Crippen LogP contribution >= 0.6 is 0 Å². The summed E-state index contributed by atoms with van der Waals surface area (Å²) in [6.07, 6.45) is 1.21. The Bertz CT molecular complexity index is 650. The van der Waals surface area contributed by atoms with Crippen molar-refractivity contribution in [1.82, 2.24) is 4.90 Å². The molecule has 126 valence electrons. The zero-order chi connectivity index (χ0) is 16.8. The van der Waals surface area contributed by atoms with Gasteiger partial charge in [-0.05, 0) is 37.1 Å². The molecule has 0 spiro atoms. The third kappa shape index (κ3) is 3.95. The van der Waals surface area contributed by atoms with Crippen LogP contribution in [0.1, 0.15) is 24.0 Å². The summed E-state index contributed by atoms with van der Waals surface area (Å²) < 4.78 is 5.21. The van der Waals surface area contributed by atoms with Gasteiger partial charge in [0, 0.05) is 12.0 Å². The van der Waals surface area contributed by atoms with Gasteiger partial charge in [0.1, 0.15) is 6.61 Å². The zero-order valence-corrected chi connectivity index (χ0v) is 13.9. The summed E-state index contributed by atoms with van der Waals surface area (Å²) in [6.45, 7) is 3.27. The van der Waals surface area contributed by atoms with Crippen molar-refractivity contribution in [3.05, 3.63) is 71.8 Å². The number of hydrogen-bond donors (Lipinski definition) is 1. The highest BCUT2D eigenvalue weighted by molar-refractivity contribution is 5.64. The second-order valence-corrected chi connectivity index (χ2v) is 6.52. The van der Waals surface area contributed by atoms with Crippen LogP contribution in [-0.2, 0) is 16.7 Å². The van der Waals surface area contributed by atoms with Crippen LogP contribution < -0.4 is 5.73 Å². The van der Waals surface area contributed by atoms with Gasteiger partial charge in [0.15, 0.2) is 0 Å². The number of primary amides is 1. The average molecular weight is 324 g/mol. The van der Waals surface area contributed by atoms with E-state index in [1.807, 2.05) is 24.3 Å². The SMILES string of the molecule is NC(=O)OCC1(c2ccccc2)CCN(Cc2ccccc2)CC1. The molecule has 0 bridgehead atoms. The van der Waals surface area contributed by atoms with Crippen LogP contribution in [0.25, 0.3) is 0 Å². The lowest BCUT2D eigenvalue weighted by Crippen LogP contribution is -2.45. The highest BCUT2D eigenvalue weighted by Gasteiger charge is 2.37. The molecule has 0 aromatic heterocycles. The Kier molecular flexibility index (Phi) is 5.16. The Morgan fingerprint density at radius 3 is 2.17 bits per heavy atom. The van der Waals surface area contributed by atoms with E-state index < -0.39 is 6.09 Å². The molecule has 1 heterocycles. The fourth-order valence-corrected chi connectivity index (χ4v) is 3.50. The van der Waals surface area contributed by atoms with Gasteiger partial charge in [0.05, 0.1) is 0 Å². The topological polar surface area (TPSA) is 55.6 Å². The van der Waals surface area contributed by atoms with E-state index in [9.17, 15) is 4.79 Å². The molecule has 1 aliphatic rings. The van der Waals surface area contributed by atoms with E-state index in [1.165, 1.54) is 11.1 Å². The van der Waals surface area contributed by atoms with Crippen molar-refractivity contribution in [2.45, 2.75) is 24.8 Å². The number of ether oxygens (including phenoxy) is 1. The first kappa shape index (κ1) is 16.5. The lowest BCUT2D eigenvalue weighted by atomic mass is 9.73. The van der Waals surface area contributed by atoms with E-state index >= 15 is 0 Å². The Hall–Kier alpha value is -2.33. The minimum Gasteiger partial charge on any atom is -0.449 e. The van der Waals surface area contributed by atoms with Crippen molar-refractivity contribution in [3.8, 4) is 0 Å². The van der Waals surface area contributed by atoms with Crippen LogP contribution in [0, 0.1) is 0 Å². The summed E-state index contributed by atoms with van der Waals surface area (Å²) in [6, 6.07) is 20.9. The molecule has 0 atom stereocenters. The Morgan fingerprint density at radius 2 is 1.58 bits per heavy atom. The molecular weight excluding hydrogens is 300 g/mol. The molecule has 24 heavy (non-hydrogen) atoms. The summed E-state index contributed by atoms with van der Waals surface area (Å²) in [5, 5.41) is 0. The van der Waals surface area contributed by atoms with Gasteiger partial charge in [0.25, 0.3) is 0 Å². The van der Waals surface area contributed by atoms with E-state index in [0.29, 0.717) is 6.61 Å². The highest BCUT2D eigenvalue weighted by atomic mass is 16.5. The quantitative estimate of drug-likeness (QED) is 0.918. The van der Waals surface area contributed by atoms with Crippen LogP contribution in [0.4, 0.5) is 4.79 Å². The Balaban J connectivity index is 1.69.